The van der Waals surface area contributed by atoms with Gasteiger partial charge in [0, 0.05) is 0 Å². The van der Waals surface area contributed by atoms with Crippen LogP contribution in [0.25, 0.3) is 0 Å². The largest absolute Gasteiger partial charge is 0.478 e. The van der Waals surface area contributed by atoms with Gasteiger partial charge in [-0.05, 0) is 0 Å². The van der Waals surface area contributed by atoms with E-state index in [0.29, 0.717) is 0 Å². The summed E-state index contributed by atoms with van der Waals surface area (Å²) in [6.07, 6.45) is 0. The first-order valence-corrected chi connectivity index (χ1v) is 14.1. The van der Waals surface area contributed by atoms with Gasteiger partial charge in [0.1, 0.15) is 0 Å². The molecule has 4 unspecified atom stereocenters. The molecule has 0 bridgehead atoms. The van der Waals surface area contributed by atoms with Crippen LogP contribution >= 0.6 is 47.1 Å². The van der Waals surface area contributed by atoms with Gasteiger partial charge in [0.05, 0.1) is 7.30 Å². The van der Waals surface area contributed by atoms with Crippen molar-refractivity contribution in [2.45, 2.75) is 0 Å². The molecule has 0 aromatic carbocycles. The lowest BCUT2D eigenvalue weighted by atomic mass is 11.6. The maximum absolute atomic E-state index is 10.4. The molecule has 1 aliphatic heterocycles. The van der Waals surface area contributed by atoms with Gasteiger partial charge >= 0.3 is 5.71 Å². The van der Waals surface area contributed by atoms with E-state index in [1.54, 1.807) is 0 Å². The topological polar surface area (TPSA) is 37.3 Å². The molecule has 4 atom stereocenters. The van der Waals surface area contributed by atoms with Crippen LogP contribution in [0.3, 0.4) is 0 Å². The van der Waals surface area contributed by atoms with Crippen LogP contribution in [-0.2, 0) is 0 Å². The Kier molecular flexibility index (Phi) is 4.91. The molecular formula is CH6O2P6. The SMILES string of the molecule is O=C(O)P1PPPPP1. The van der Waals surface area contributed by atoms with Crippen LogP contribution in [0.2, 0.25) is 0 Å². The summed E-state index contributed by atoms with van der Waals surface area (Å²) in [6, 6.07) is 0. The third-order valence-corrected chi connectivity index (χ3v) is 33.0. The maximum Gasteiger partial charge on any atom is 0.332 e. The highest BCUT2D eigenvalue weighted by Gasteiger charge is 2.19. The second kappa shape index (κ2) is 4.83. The third-order valence-electron chi connectivity index (χ3n) is 0.652. The fourth-order valence-corrected chi connectivity index (χ4v) is 48.7. The zero-order valence-electron chi connectivity index (χ0n) is 4.30. The molecule has 9 heavy (non-hydrogen) atoms. The van der Waals surface area contributed by atoms with Gasteiger partial charge in [-0.25, -0.2) is 4.79 Å². The van der Waals surface area contributed by atoms with E-state index in [1.807, 2.05) is 0 Å². The molecule has 0 amide bonds. The van der Waals surface area contributed by atoms with Crippen molar-refractivity contribution in [2.75, 3.05) is 0 Å². The Morgan fingerprint density at radius 1 is 1.22 bits per heavy atom. The predicted octanol–water partition coefficient (Wildman–Crippen LogP) is 4.04. The number of carbonyl (C=O) groups is 1. The molecule has 1 rings (SSSR count). The average molecular weight is 236 g/mol. The standard InChI is InChI=1S/CH6O2P6/c2-1(3)9-7-5-4-6-8-9/h4-8H,(H,2,3). The first-order valence-electron chi connectivity index (χ1n) is 2.10. The Hall–Kier alpha value is 2.05. The van der Waals surface area contributed by atoms with Gasteiger partial charge in [0.25, 0.3) is 0 Å². The third kappa shape index (κ3) is 3.30. The molecule has 1 aliphatic rings. The highest BCUT2D eigenvalue weighted by atomic mass is 33.0. The van der Waals surface area contributed by atoms with Gasteiger partial charge in [-0.1, -0.05) is 39.8 Å². The van der Waals surface area contributed by atoms with Crippen molar-refractivity contribution in [1.29, 1.82) is 0 Å². The van der Waals surface area contributed by atoms with Crippen LogP contribution in [-0.4, -0.2) is 10.8 Å². The Bertz CT molecular complexity index is 108. The minimum absolute atomic E-state index is 0.494. The Morgan fingerprint density at radius 3 is 2.11 bits per heavy atom. The van der Waals surface area contributed by atoms with Crippen molar-refractivity contribution in [2.24, 2.45) is 0 Å². The molecular weight excluding hydrogens is 230 g/mol. The van der Waals surface area contributed by atoms with E-state index < -0.39 is 13.0 Å². The van der Waals surface area contributed by atoms with Crippen molar-refractivity contribution in [1.82, 2.24) is 0 Å². The fraction of sp³-hybridized carbons (Fsp3) is 0. The summed E-state index contributed by atoms with van der Waals surface area (Å²) in [5.41, 5.74) is -0.494. The molecule has 1 N–H and O–H groups in total. The monoisotopic (exact) mass is 236 g/mol. The van der Waals surface area contributed by atoms with E-state index in [1.165, 1.54) is 0 Å². The van der Waals surface area contributed by atoms with Crippen LogP contribution in [0.5, 0.6) is 0 Å². The van der Waals surface area contributed by atoms with Gasteiger partial charge in [-0.3, -0.25) is 0 Å². The lowest BCUT2D eigenvalue weighted by molar-refractivity contribution is 0.221. The summed E-state index contributed by atoms with van der Waals surface area (Å²) in [4.78, 5) is 10.4. The second-order valence-electron chi connectivity index (χ2n) is 1.22. The highest BCUT2D eigenvalue weighted by Crippen LogP contribution is 2.94. The number of hydrogen-bond acceptors (Lipinski definition) is 1. The number of rotatable bonds is 1. The molecule has 52 valence electrons. The molecule has 0 aromatic rings. The lowest BCUT2D eigenvalue weighted by Crippen LogP contribution is -1.77. The summed E-state index contributed by atoms with van der Waals surface area (Å²) in [7, 11) is 4.18. The van der Waals surface area contributed by atoms with Gasteiger partial charge in [-0.15, -0.1) is 0 Å². The summed E-state index contributed by atoms with van der Waals surface area (Å²) < 4.78 is 0. The van der Waals surface area contributed by atoms with E-state index in [0.717, 1.165) is 39.8 Å². The first kappa shape index (κ1) is 9.14. The summed E-state index contributed by atoms with van der Waals surface area (Å²) >= 11 is 0. The van der Waals surface area contributed by atoms with Crippen molar-refractivity contribution in [3.8, 4) is 0 Å². The Labute approximate surface area is 63.1 Å². The quantitative estimate of drug-likeness (QED) is 0.697. The van der Waals surface area contributed by atoms with Crippen LogP contribution in [0, 0.1) is 0 Å². The normalized spacial score (nSPS) is 41.1. The minimum Gasteiger partial charge on any atom is -0.478 e. The summed E-state index contributed by atoms with van der Waals surface area (Å²) in [5.74, 6) is 0. The van der Waals surface area contributed by atoms with Crippen molar-refractivity contribution >= 4 is 52.8 Å². The van der Waals surface area contributed by atoms with Gasteiger partial charge in [0.2, 0.25) is 0 Å². The van der Waals surface area contributed by atoms with Gasteiger partial charge in [-0.2, -0.15) is 0 Å². The Balaban J connectivity index is 2.31. The molecule has 0 aliphatic carbocycles. The van der Waals surface area contributed by atoms with E-state index in [9.17, 15) is 4.79 Å². The van der Waals surface area contributed by atoms with Crippen LogP contribution in [0.15, 0.2) is 0 Å². The molecule has 1 saturated heterocycles. The molecule has 2 nitrogen and oxygen atoms in total. The minimum atomic E-state index is -0.527. The fourth-order valence-electron chi connectivity index (χ4n) is 0.323. The van der Waals surface area contributed by atoms with Crippen molar-refractivity contribution < 1.29 is 9.90 Å². The number of hydrogen-bond donors (Lipinski definition) is 1. The van der Waals surface area contributed by atoms with Gasteiger partial charge < -0.3 is 5.11 Å². The Morgan fingerprint density at radius 2 is 1.78 bits per heavy atom. The van der Waals surface area contributed by atoms with E-state index in [-0.39, 0.29) is 0 Å². The molecule has 0 aromatic heterocycles. The summed E-state index contributed by atoms with van der Waals surface area (Å²) in [6.45, 7) is 0. The maximum atomic E-state index is 10.4. The summed E-state index contributed by atoms with van der Waals surface area (Å²) in [5, 5.41) is 8.59. The first-order chi connectivity index (χ1) is 4.30. The van der Waals surface area contributed by atoms with E-state index >= 15 is 0 Å². The second-order valence-corrected chi connectivity index (χ2v) is 21.9. The molecule has 0 radical (unpaired) electrons. The smallest absolute Gasteiger partial charge is 0.332 e. The molecule has 8 heteroatoms. The number of carboxylic acid groups (broad SMARTS) is 1. The molecule has 0 spiro atoms. The van der Waals surface area contributed by atoms with Crippen LogP contribution in [0.1, 0.15) is 0 Å². The average Bonchev–Trinajstić information content (AvgIpc) is 1.90. The van der Waals surface area contributed by atoms with E-state index in [4.69, 9.17) is 5.11 Å². The van der Waals surface area contributed by atoms with Gasteiger partial charge in [0.15, 0.2) is 0 Å². The molecule has 0 saturated carbocycles. The molecule has 1 fully saturated rings. The lowest BCUT2D eigenvalue weighted by Gasteiger charge is -2.16. The zero-order chi connectivity index (χ0) is 6.69. The zero-order valence-corrected chi connectivity index (χ0v) is 10.2. The van der Waals surface area contributed by atoms with Crippen LogP contribution in [0.4, 0.5) is 4.79 Å². The van der Waals surface area contributed by atoms with Crippen molar-refractivity contribution in [3.63, 3.8) is 0 Å². The van der Waals surface area contributed by atoms with E-state index in [2.05, 4.69) is 0 Å². The predicted molar refractivity (Wildman–Crippen MR) is 56.5 cm³/mol. The van der Waals surface area contributed by atoms with Crippen LogP contribution < -0.4 is 0 Å². The molecule has 1 heterocycles. The highest BCUT2D eigenvalue weighted by molar-refractivity contribution is 8.97. The van der Waals surface area contributed by atoms with Crippen molar-refractivity contribution in [3.05, 3.63) is 0 Å².